The molecule has 1 amide bonds. The van der Waals surface area contributed by atoms with Crippen LogP contribution < -0.4 is 0 Å². The number of benzene rings is 1. The number of likely N-dealkylation sites (tertiary alicyclic amines) is 1. The average molecular weight is 328 g/mol. The van der Waals surface area contributed by atoms with Crippen molar-refractivity contribution in [1.82, 2.24) is 9.88 Å². The van der Waals surface area contributed by atoms with Crippen molar-refractivity contribution in [1.29, 1.82) is 0 Å². The minimum absolute atomic E-state index is 0.154. The van der Waals surface area contributed by atoms with E-state index in [1.165, 1.54) is 5.56 Å². The third-order valence-corrected chi connectivity index (χ3v) is 5.48. The summed E-state index contributed by atoms with van der Waals surface area (Å²) in [6, 6.07) is 10.6. The van der Waals surface area contributed by atoms with Gasteiger partial charge in [-0.15, -0.1) is 11.3 Å². The highest BCUT2D eigenvalue weighted by atomic mass is 32.1. The van der Waals surface area contributed by atoms with Gasteiger partial charge in [-0.05, 0) is 31.2 Å². The van der Waals surface area contributed by atoms with Crippen molar-refractivity contribution in [2.24, 2.45) is 5.92 Å². The second-order valence-electron chi connectivity index (χ2n) is 6.69. The molecule has 4 heteroatoms. The summed E-state index contributed by atoms with van der Waals surface area (Å²) in [7, 11) is 0. The Morgan fingerprint density at radius 2 is 2.09 bits per heavy atom. The molecule has 1 aromatic heterocycles. The molecule has 122 valence electrons. The molecule has 1 aliphatic heterocycles. The Balaban J connectivity index is 1.83. The van der Waals surface area contributed by atoms with Gasteiger partial charge in [0.2, 0.25) is 0 Å². The minimum Gasteiger partial charge on any atom is -0.331 e. The quantitative estimate of drug-likeness (QED) is 0.820. The van der Waals surface area contributed by atoms with E-state index in [2.05, 4.69) is 43.1 Å². The maximum Gasteiger partial charge on any atom is 0.266 e. The van der Waals surface area contributed by atoms with Gasteiger partial charge in [0.15, 0.2) is 0 Å². The van der Waals surface area contributed by atoms with Crippen LogP contribution >= 0.6 is 11.3 Å². The summed E-state index contributed by atoms with van der Waals surface area (Å²) in [6.45, 7) is 7.17. The Labute approximate surface area is 142 Å². The van der Waals surface area contributed by atoms with Gasteiger partial charge in [-0.2, -0.15) is 0 Å². The largest absolute Gasteiger partial charge is 0.331 e. The van der Waals surface area contributed by atoms with Crippen molar-refractivity contribution in [2.75, 3.05) is 6.54 Å². The van der Waals surface area contributed by atoms with Crippen molar-refractivity contribution >= 4 is 17.2 Å². The van der Waals surface area contributed by atoms with Gasteiger partial charge in [0, 0.05) is 13.0 Å². The van der Waals surface area contributed by atoms with Crippen LogP contribution in [0.5, 0.6) is 0 Å². The van der Waals surface area contributed by atoms with E-state index in [-0.39, 0.29) is 11.9 Å². The third-order valence-electron chi connectivity index (χ3n) is 4.32. The first-order valence-corrected chi connectivity index (χ1v) is 9.20. The summed E-state index contributed by atoms with van der Waals surface area (Å²) in [5.74, 6) is 0.716. The Morgan fingerprint density at radius 3 is 2.78 bits per heavy atom. The van der Waals surface area contributed by atoms with Crippen LogP contribution in [-0.4, -0.2) is 22.3 Å². The number of aryl methyl sites for hydroxylation is 1. The summed E-state index contributed by atoms with van der Waals surface area (Å²) in [5.41, 5.74) is 2.12. The molecule has 1 fully saturated rings. The zero-order valence-corrected chi connectivity index (χ0v) is 14.9. The van der Waals surface area contributed by atoms with Gasteiger partial charge >= 0.3 is 0 Å². The first kappa shape index (κ1) is 16.2. The fourth-order valence-electron chi connectivity index (χ4n) is 3.25. The lowest BCUT2D eigenvalue weighted by molar-refractivity contribution is 0.0739. The molecule has 1 saturated heterocycles. The third kappa shape index (κ3) is 3.47. The molecule has 0 radical (unpaired) electrons. The zero-order chi connectivity index (χ0) is 16.4. The molecule has 1 atom stereocenters. The number of hydrogen-bond acceptors (Lipinski definition) is 3. The van der Waals surface area contributed by atoms with E-state index in [1.807, 2.05) is 17.9 Å². The van der Waals surface area contributed by atoms with Crippen LogP contribution in [0.25, 0.3) is 0 Å². The predicted molar refractivity (Wildman–Crippen MR) is 94.8 cm³/mol. The van der Waals surface area contributed by atoms with E-state index < -0.39 is 0 Å². The zero-order valence-electron chi connectivity index (χ0n) is 14.1. The number of carbonyl (C=O) groups excluding carboxylic acids is 1. The number of hydrogen-bond donors (Lipinski definition) is 0. The lowest BCUT2D eigenvalue weighted by Gasteiger charge is -2.24. The number of nitrogens with zero attached hydrogens (tertiary/aromatic N) is 2. The van der Waals surface area contributed by atoms with E-state index in [1.54, 1.807) is 11.3 Å². The molecule has 2 aromatic rings. The van der Waals surface area contributed by atoms with Crippen molar-refractivity contribution in [3.63, 3.8) is 0 Å². The summed E-state index contributed by atoms with van der Waals surface area (Å²) >= 11 is 1.58. The van der Waals surface area contributed by atoms with E-state index in [4.69, 9.17) is 0 Å². The minimum atomic E-state index is 0.154. The Morgan fingerprint density at radius 1 is 1.35 bits per heavy atom. The summed E-state index contributed by atoms with van der Waals surface area (Å²) in [6.07, 6.45) is 3.06. The first-order chi connectivity index (χ1) is 11.1. The van der Waals surface area contributed by atoms with Crippen LogP contribution in [-0.2, 0) is 6.42 Å². The molecule has 0 bridgehead atoms. The van der Waals surface area contributed by atoms with Crippen molar-refractivity contribution in [3.8, 4) is 0 Å². The molecule has 3 rings (SSSR count). The maximum atomic E-state index is 13.0. The van der Waals surface area contributed by atoms with Gasteiger partial charge in [0.1, 0.15) is 4.88 Å². The fourth-order valence-corrected chi connectivity index (χ4v) is 4.48. The van der Waals surface area contributed by atoms with Gasteiger partial charge in [0.25, 0.3) is 5.91 Å². The predicted octanol–water partition coefficient (Wildman–Crippen LogP) is 4.63. The van der Waals surface area contributed by atoms with E-state index in [9.17, 15) is 4.79 Å². The summed E-state index contributed by atoms with van der Waals surface area (Å²) < 4.78 is 0. The van der Waals surface area contributed by atoms with E-state index in [0.29, 0.717) is 5.92 Å². The van der Waals surface area contributed by atoms with Crippen molar-refractivity contribution in [3.05, 3.63) is 51.5 Å². The molecule has 1 unspecified atom stereocenters. The van der Waals surface area contributed by atoms with E-state index >= 15 is 0 Å². The van der Waals surface area contributed by atoms with Crippen LogP contribution in [0.2, 0.25) is 0 Å². The molecule has 0 spiro atoms. The number of thiazole rings is 1. The highest BCUT2D eigenvalue weighted by molar-refractivity contribution is 7.13. The molecule has 2 heterocycles. The molecule has 1 aromatic carbocycles. The molecular formula is C19H24N2OS. The maximum absolute atomic E-state index is 13.0. The molecular weight excluding hydrogens is 304 g/mol. The average Bonchev–Trinajstić information content (AvgIpc) is 3.14. The lowest BCUT2D eigenvalue weighted by atomic mass is 10.0. The molecule has 3 nitrogen and oxygen atoms in total. The van der Waals surface area contributed by atoms with Gasteiger partial charge in [-0.3, -0.25) is 4.79 Å². The van der Waals surface area contributed by atoms with E-state index in [0.717, 1.165) is 41.4 Å². The van der Waals surface area contributed by atoms with Crippen LogP contribution in [0.4, 0.5) is 0 Å². The highest BCUT2D eigenvalue weighted by Crippen LogP contribution is 2.34. The molecule has 23 heavy (non-hydrogen) atoms. The van der Waals surface area contributed by atoms with Gasteiger partial charge in [-0.1, -0.05) is 44.2 Å². The molecule has 1 aliphatic rings. The van der Waals surface area contributed by atoms with Gasteiger partial charge in [0.05, 0.1) is 16.7 Å². The lowest BCUT2D eigenvalue weighted by Crippen LogP contribution is -2.30. The number of carbonyl (C=O) groups is 1. The van der Waals surface area contributed by atoms with Crippen LogP contribution in [0.1, 0.15) is 58.7 Å². The number of rotatable bonds is 4. The van der Waals surface area contributed by atoms with Gasteiger partial charge < -0.3 is 4.90 Å². The van der Waals surface area contributed by atoms with Crippen molar-refractivity contribution < 1.29 is 4.79 Å². The SMILES string of the molecule is Cc1nc(CC(C)C)sc1C(=O)N1CCCC1c1ccccc1. The Kier molecular flexibility index (Phi) is 4.81. The topological polar surface area (TPSA) is 33.2 Å². The summed E-state index contributed by atoms with van der Waals surface area (Å²) in [5, 5.41) is 1.08. The number of amides is 1. The summed E-state index contributed by atoms with van der Waals surface area (Å²) in [4.78, 5) is 20.5. The smallest absolute Gasteiger partial charge is 0.266 e. The van der Waals surface area contributed by atoms with Crippen LogP contribution in [0, 0.1) is 12.8 Å². The molecule has 0 aliphatic carbocycles. The number of aromatic nitrogens is 1. The molecule has 0 saturated carbocycles. The Bertz CT molecular complexity index is 678. The van der Waals surface area contributed by atoms with Gasteiger partial charge in [-0.25, -0.2) is 4.98 Å². The second-order valence-corrected chi connectivity index (χ2v) is 7.77. The van der Waals surface area contributed by atoms with Crippen LogP contribution in [0.3, 0.4) is 0 Å². The first-order valence-electron chi connectivity index (χ1n) is 8.38. The van der Waals surface area contributed by atoms with Crippen molar-refractivity contribution in [2.45, 2.75) is 46.1 Å². The standard InChI is InChI=1S/C19H24N2OS/c1-13(2)12-17-20-14(3)18(23-17)19(22)21-11-7-10-16(21)15-8-5-4-6-9-15/h4-6,8-9,13,16H,7,10-12H2,1-3H3. The van der Waals surface area contributed by atoms with Crippen LogP contribution in [0.15, 0.2) is 30.3 Å². The monoisotopic (exact) mass is 328 g/mol. The highest BCUT2D eigenvalue weighted by Gasteiger charge is 2.32. The normalized spacial score (nSPS) is 17.9. The fraction of sp³-hybridized carbons (Fsp3) is 0.474. The molecule has 0 N–H and O–H groups in total. The Hall–Kier alpha value is -1.68. The second kappa shape index (κ2) is 6.83.